The summed E-state index contributed by atoms with van der Waals surface area (Å²) in [5.41, 5.74) is -0.846. The minimum atomic E-state index is -4.42. The van der Waals surface area contributed by atoms with Gasteiger partial charge in [-0.25, -0.2) is 9.59 Å². The number of rotatable bonds is 1. The van der Waals surface area contributed by atoms with Crippen LogP contribution in [0.25, 0.3) is 5.69 Å². The Labute approximate surface area is 193 Å². The number of urea groups is 1. The van der Waals surface area contributed by atoms with Crippen molar-refractivity contribution in [2.24, 2.45) is 4.99 Å². The molecule has 3 heterocycles. The summed E-state index contributed by atoms with van der Waals surface area (Å²) < 4.78 is 45.7. The molecule has 1 aromatic heterocycles. The lowest BCUT2D eigenvalue weighted by molar-refractivity contribution is -0.137. The van der Waals surface area contributed by atoms with E-state index >= 15 is 0 Å². The SMILES string of the molecule is Cc1cn(-c2ccc(C(F)(F)F)cc2)/c(=N/C(=O)N2C[C@@H]3C[C@H]2CN3C(=O)OC(C)(C)C)s1. The molecule has 0 radical (unpaired) electrons. The van der Waals surface area contributed by atoms with Gasteiger partial charge in [0.05, 0.1) is 17.6 Å². The zero-order valence-corrected chi connectivity index (χ0v) is 19.5. The molecule has 0 unspecified atom stereocenters. The van der Waals surface area contributed by atoms with Gasteiger partial charge in [-0.15, -0.1) is 11.3 Å². The normalized spacial score (nSPS) is 21.1. The van der Waals surface area contributed by atoms with E-state index < -0.39 is 23.4 Å². The molecule has 2 aromatic rings. The van der Waals surface area contributed by atoms with Gasteiger partial charge in [0, 0.05) is 29.9 Å². The molecule has 0 aliphatic carbocycles. The van der Waals surface area contributed by atoms with E-state index in [1.807, 2.05) is 27.7 Å². The molecule has 3 amide bonds. The number of aromatic nitrogens is 1. The van der Waals surface area contributed by atoms with Crippen LogP contribution < -0.4 is 4.80 Å². The second-order valence-corrected chi connectivity index (χ2v) is 10.5. The van der Waals surface area contributed by atoms with Crippen LogP contribution in [0.15, 0.2) is 35.5 Å². The van der Waals surface area contributed by atoms with Crippen LogP contribution in [-0.2, 0) is 10.9 Å². The summed E-state index contributed by atoms with van der Waals surface area (Å²) in [7, 11) is 0. The van der Waals surface area contributed by atoms with Crippen molar-refractivity contribution in [3.8, 4) is 5.69 Å². The number of nitrogens with zero attached hydrogens (tertiary/aromatic N) is 4. The minimum Gasteiger partial charge on any atom is -0.444 e. The number of aryl methyl sites for hydroxylation is 1. The number of carbonyl (C=O) groups excluding carboxylic acids is 2. The third-order valence-corrected chi connectivity index (χ3v) is 6.45. The highest BCUT2D eigenvalue weighted by Gasteiger charge is 2.48. The molecule has 4 rings (SSSR count). The highest BCUT2D eigenvalue weighted by molar-refractivity contribution is 7.09. The summed E-state index contributed by atoms with van der Waals surface area (Å²) in [6.07, 6.45) is -2.39. The monoisotopic (exact) mass is 482 g/mol. The number of carbonyl (C=O) groups is 2. The third-order valence-electron chi connectivity index (χ3n) is 5.55. The van der Waals surface area contributed by atoms with E-state index in [4.69, 9.17) is 4.74 Å². The number of piperazine rings is 1. The molecule has 2 saturated heterocycles. The molecule has 11 heteroatoms. The molecule has 0 saturated carbocycles. The van der Waals surface area contributed by atoms with Gasteiger partial charge in [0.1, 0.15) is 5.60 Å². The van der Waals surface area contributed by atoms with Crippen molar-refractivity contribution in [3.05, 3.63) is 45.7 Å². The Morgan fingerprint density at radius 2 is 1.67 bits per heavy atom. The maximum Gasteiger partial charge on any atom is 0.416 e. The van der Waals surface area contributed by atoms with Crippen molar-refractivity contribution in [1.82, 2.24) is 14.4 Å². The summed E-state index contributed by atoms with van der Waals surface area (Å²) in [6, 6.07) is 4.05. The van der Waals surface area contributed by atoms with E-state index in [9.17, 15) is 22.8 Å². The Morgan fingerprint density at radius 3 is 2.21 bits per heavy atom. The van der Waals surface area contributed by atoms with Crippen LogP contribution in [0.2, 0.25) is 0 Å². The number of ether oxygens (including phenoxy) is 1. The Hall–Kier alpha value is -2.82. The first-order valence-electron chi connectivity index (χ1n) is 10.5. The van der Waals surface area contributed by atoms with Crippen molar-refractivity contribution >= 4 is 23.5 Å². The van der Waals surface area contributed by atoms with Crippen LogP contribution in [0.5, 0.6) is 0 Å². The average Bonchev–Trinajstić information content (AvgIpc) is 3.40. The van der Waals surface area contributed by atoms with Gasteiger partial charge >= 0.3 is 18.3 Å². The lowest BCUT2D eigenvalue weighted by Gasteiger charge is -2.34. The quantitative estimate of drug-likeness (QED) is 0.598. The van der Waals surface area contributed by atoms with E-state index in [1.165, 1.54) is 23.5 Å². The van der Waals surface area contributed by atoms with Crippen LogP contribution in [0.4, 0.5) is 22.8 Å². The number of benzene rings is 1. The highest BCUT2D eigenvalue weighted by Crippen LogP contribution is 2.32. The maximum atomic E-state index is 13.0. The summed E-state index contributed by atoms with van der Waals surface area (Å²) in [5, 5.41) is 0. The van der Waals surface area contributed by atoms with Gasteiger partial charge in [-0.1, -0.05) is 0 Å². The molecule has 0 N–H and O–H groups in total. The lowest BCUT2D eigenvalue weighted by atomic mass is 10.2. The van der Waals surface area contributed by atoms with Crippen LogP contribution >= 0.6 is 11.3 Å². The second-order valence-electron chi connectivity index (χ2n) is 9.26. The number of fused-ring (bicyclic) bond motifs is 2. The van der Waals surface area contributed by atoms with Gasteiger partial charge in [0.2, 0.25) is 0 Å². The number of amides is 3. The first kappa shape index (κ1) is 23.3. The number of alkyl halides is 3. The summed E-state index contributed by atoms with van der Waals surface area (Å²) in [6.45, 7) is 8.03. The maximum absolute atomic E-state index is 13.0. The van der Waals surface area contributed by atoms with Gasteiger partial charge in [-0.3, -0.25) is 4.57 Å². The first-order chi connectivity index (χ1) is 15.3. The van der Waals surface area contributed by atoms with Crippen molar-refractivity contribution in [2.75, 3.05) is 13.1 Å². The predicted octanol–water partition coefficient (Wildman–Crippen LogP) is 4.58. The van der Waals surface area contributed by atoms with Gasteiger partial charge in [-0.2, -0.15) is 18.2 Å². The molecule has 2 atom stereocenters. The minimum absolute atomic E-state index is 0.115. The van der Waals surface area contributed by atoms with E-state index in [2.05, 4.69) is 4.99 Å². The number of hydrogen-bond donors (Lipinski definition) is 0. The standard InChI is InChI=1S/C22H25F3N4O3S/c1-13-10-28(15-7-5-14(6-8-15)22(23,24)25)19(33-13)26-18(30)27-11-17-9-16(27)12-29(17)20(31)32-21(2,3)4/h5-8,10,16-17H,9,11-12H2,1-4H3/b26-19-/t16-,17-/m0/s1. The Bertz CT molecular complexity index is 1130. The fourth-order valence-electron chi connectivity index (χ4n) is 4.12. The smallest absolute Gasteiger partial charge is 0.416 e. The third kappa shape index (κ3) is 4.92. The zero-order chi connectivity index (χ0) is 24.1. The molecule has 2 aliphatic rings. The molecule has 1 aromatic carbocycles. The van der Waals surface area contributed by atoms with E-state index in [-0.39, 0.29) is 18.2 Å². The molecule has 7 nitrogen and oxygen atoms in total. The van der Waals surface area contributed by atoms with Crippen molar-refractivity contribution in [1.29, 1.82) is 0 Å². The summed E-state index contributed by atoms with van der Waals surface area (Å²) in [5.74, 6) is 0. The van der Waals surface area contributed by atoms with E-state index in [0.29, 0.717) is 30.0 Å². The van der Waals surface area contributed by atoms with Crippen LogP contribution in [0.3, 0.4) is 0 Å². The van der Waals surface area contributed by atoms with Crippen LogP contribution in [0.1, 0.15) is 37.6 Å². The molecule has 0 spiro atoms. The summed E-state index contributed by atoms with van der Waals surface area (Å²) >= 11 is 1.28. The van der Waals surface area contributed by atoms with Gasteiger partial charge in [0.15, 0.2) is 4.80 Å². The topological polar surface area (TPSA) is 67.1 Å². The Kier molecular flexibility index (Phi) is 5.80. The number of thiazole rings is 1. The average molecular weight is 483 g/mol. The van der Waals surface area contributed by atoms with E-state index in [0.717, 1.165) is 17.0 Å². The van der Waals surface area contributed by atoms with E-state index in [1.54, 1.807) is 20.6 Å². The van der Waals surface area contributed by atoms with Crippen molar-refractivity contribution < 1.29 is 27.5 Å². The van der Waals surface area contributed by atoms with Crippen LogP contribution in [0, 0.1) is 6.92 Å². The predicted molar refractivity (Wildman–Crippen MR) is 116 cm³/mol. The lowest BCUT2D eigenvalue weighted by Crippen LogP contribution is -2.51. The molecular weight excluding hydrogens is 457 g/mol. The highest BCUT2D eigenvalue weighted by atomic mass is 32.1. The van der Waals surface area contributed by atoms with Gasteiger partial charge in [-0.05, 0) is 58.4 Å². The summed E-state index contributed by atoms with van der Waals surface area (Å²) in [4.78, 5) is 34.2. The Balaban J connectivity index is 1.51. The largest absolute Gasteiger partial charge is 0.444 e. The molecule has 2 fully saturated rings. The molecular formula is C22H25F3N4O3S. The fraction of sp³-hybridized carbons (Fsp3) is 0.500. The molecule has 178 valence electrons. The zero-order valence-electron chi connectivity index (χ0n) is 18.7. The van der Waals surface area contributed by atoms with Crippen molar-refractivity contribution in [3.63, 3.8) is 0 Å². The Morgan fingerprint density at radius 1 is 1.06 bits per heavy atom. The second kappa shape index (κ2) is 8.19. The van der Waals surface area contributed by atoms with Gasteiger partial charge < -0.3 is 14.5 Å². The first-order valence-corrected chi connectivity index (χ1v) is 11.3. The number of hydrogen-bond acceptors (Lipinski definition) is 4. The van der Waals surface area contributed by atoms with Gasteiger partial charge in [0.25, 0.3) is 0 Å². The fourth-order valence-corrected chi connectivity index (χ4v) is 4.95. The molecule has 2 aliphatic heterocycles. The molecule has 2 bridgehead atoms. The number of halogens is 3. The van der Waals surface area contributed by atoms with Crippen molar-refractivity contribution in [2.45, 2.75) is 58.0 Å². The van der Waals surface area contributed by atoms with Crippen LogP contribution in [-0.4, -0.2) is 57.3 Å². The molecule has 33 heavy (non-hydrogen) atoms. The number of likely N-dealkylation sites (tertiary alicyclic amines) is 2.